The molecule has 10 heteroatoms. The Morgan fingerprint density at radius 2 is 1.83 bits per heavy atom. The lowest BCUT2D eigenvalue weighted by Gasteiger charge is -2.17. The summed E-state index contributed by atoms with van der Waals surface area (Å²) >= 11 is 2.65. The van der Waals surface area contributed by atoms with Crippen LogP contribution in [0.4, 0.5) is 23.2 Å². The highest BCUT2D eigenvalue weighted by molar-refractivity contribution is 9.10. The molecule has 0 saturated heterocycles. The molecule has 5 nitrogen and oxygen atoms in total. The number of carbonyl (C=O) groups excluding carboxylic acids is 2. The number of benzene rings is 1. The third-order valence-electron chi connectivity index (χ3n) is 2.52. The number of halogens is 5. The van der Waals surface area contributed by atoms with Crippen LogP contribution in [0.3, 0.4) is 0 Å². The second-order valence-electron chi connectivity index (χ2n) is 3.98. The van der Waals surface area contributed by atoms with Crippen molar-refractivity contribution in [3.63, 3.8) is 0 Å². The molecule has 0 saturated carbocycles. The van der Waals surface area contributed by atoms with E-state index in [-0.39, 0.29) is 0 Å². The van der Waals surface area contributed by atoms with Crippen molar-refractivity contribution in [2.24, 2.45) is 0 Å². The van der Waals surface area contributed by atoms with Gasteiger partial charge in [0.05, 0.1) is 30.5 Å². The average Bonchev–Trinajstić information content (AvgIpc) is 2.47. The van der Waals surface area contributed by atoms with Crippen molar-refractivity contribution in [2.45, 2.75) is 6.18 Å². The maximum absolute atomic E-state index is 13.8. The third-order valence-corrected chi connectivity index (χ3v) is 3.13. The highest BCUT2D eigenvalue weighted by atomic mass is 79.9. The molecule has 0 aliphatic heterocycles. The Hall–Kier alpha value is -2.10. The Morgan fingerprint density at radius 1 is 1.22 bits per heavy atom. The Balaban J connectivity index is 3.40. The maximum atomic E-state index is 13.8. The van der Waals surface area contributed by atoms with Crippen LogP contribution in [0.1, 0.15) is 5.56 Å². The fourth-order valence-electron chi connectivity index (χ4n) is 1.51. The van der Waals surface area contributed by atoms with Gasteiger partial charge in [-0.3, -0.25) is 0 Å². The predicted octanol–water partition coefficient (Wildman–Crippen LogP) is 3.25. The molecular formula is C13H10BrF4NO4. The molecule has 0 radical (unpaired) electrons. The number of hydrogen-bond donors (Lipinski definition) is 1. The molecule has 126 valence electrons. The molecule has 0 unspecified atom stereocenters. The van der Waals surface area contributed by atoms with Crippen LogP contribution in [0.25, 0.3) is 0 Å². The minimum Gasteiger partial charge on any atom is -0.466 e. The van der Waals surface area contributed by atoms with E-state index in [2.05, 4.69) is 25.4 Å². The number of anilines is 1. The minimum atomic E-state index is -5.04. The molecule has 0 aliphatic rings. The minimum absolute atomic E-state index is 0.410. The zero-order chi connectivity index (χ0) is 17.8. The number of rotatable bonds is 4. The maximum Gasteiger partial charge on any atom is 0.421 e. The quantitative estimate of drug-likeness (QED) is 0.478. The van der Waals surface area contributed by atoms with Crippen LogP contribution in [0.5, 0.6) is 0 Å². The first-order valence-corrected chi connectivity index (χ1v) is 6.61. The molecule has 1 aromatic carbocycles. The molecule has 0 atom stereocenters. The predicted molar refractivity (Wildman–Crippen MR) is 74.8 cm³/mol. The van der Waals surface area contributed by atoms with Crippen molar-refractivity contribution in [1.29, 1.82) is 0 Å². The number of alkyl halides is 3. The molecule has 1 aromatic rings. The largest absolute Gasteiger partial charge is 0.466 e. The van der Waals surface area contributed by atoms with E-state index in [9.17, 15) is 27.2 Å². The molecule has 0 aromatic heterocycles. The molecular weight excluding hydrogens is 390 g/mol. The number of ether oxygens (including phenoxy) is 2. The number of hydrogen-bond acceptors (Lipinski definition) is 5. The van der Waals surface area contributed by atoms with Crippen LogP contribution in [0, 0.1) is 5.82 Å². The van der Waals surface area contributed by atoms with E-state index < -0.39 is 45.4 Å². The van der Waals surface area contributed by atoms with Gasteiger partial charge in [0.15, 0.2) is 5.82 Å². The topological polar surface area (TPSA) is 64.6 Å². The molecule has 0 fully saturated rings. The van der Waals surface area contributed by atoms with Gasteiger partial charge in [0.25, 0.3) is 0 Å². The van der Waals surface area contributed by atoms with Crippen LogP contribution in [0.2, 0.25) is 0 Å². The van der Waals surface area contributed by atoms with Gasteiger partial charge in [0, 0.05) is 0 Å². The zero-order valence-electron chi connectivity index (χ0n) is 11.8. The van der Waals surface area contributed by atoms with E-state index in [0.29, 0.717) is 6.08 Å². The van der Waals surface area contributed by atoms with Crippen molar-refractivity contribution in [2.75, 3.05) is 19.5 Å². The Bertz CT molecular complexity index is 658. The lowest BCUT2D eigenvalue weighted by atomic mass is 10.1. The SMILES string of the molecule is COC(=O)/C=C(/Nc1ccc(Br)c(F)c1C(F)(F)F)C(=O)OC. The van der Waals surface area contributed by atoms with E-state index in [1.165, 1.54) is 0 Å². The second kappa shape index (κ2) is 7.44. The summed E-state index contributed by atoms with van der Waals surface area (Å²) < 4.78 is 61.1. The number of methoxy groups -OCH3 is 2. The first-order chi connectivity index (χ1) is 10.6. The highest BCUT2D eigenvalue weighted by Gasteiger charge is 2.38. The lowest BCUT2D eigenvalue weighted by molar-refractivity contribution is -0.140. The summed E-state index contributed by atoms with van der Waals surface area (Å²) in [4.78, 5) is 22.7. The first kappa shape index (κ1) is 18.9. The van der Waals surface area contributed by atoms with Crippen molar-refractivity contribution in [3.05, 3.63) is 39.8 Å². The number of carbonyl (C=O) groups is 2. The molecule has 0 amide bonds. The van der Waals surface area contributed by atoms with E-state index in [1.807, 2.05) is 5.32 Å². The summed E-state index contributed by atoms with van der Waals surface area (Å²) in [5.41, 5.74) is -3.04. The third kappa shape index (κ3) is 4.68. The fraction of sp³-hybridized carbons (Fsp3) is 0.231. The van der Waals surface area contributed by atoms with E-state index in [1.54, 1.807) is 0 Å². The smallest absolute Gasteiger partial charge is 0.421 e. The molecule has 1 rings (SSSR count). The first-order valence-electron chi connectivity index (χ1n) is 5.82. The number of nitrogens with one attached hydrogen (secondary N) is 1. The fourth-order valence-corrected chi connectivity index (χ4v) is 1.84. The standard InChI is InChI=1S/C13H10BrF4NO4/c1-22-9(20)5-8(12(21)23-2)19-7-4-3-6(14)11(15)10(7)13(16,17)18/h3-5,19H,1-2H3/b8-5+. The lowest BCUT2D eigenvalue weighted by Crippen LogP contribution is -2.19. The zero-order valence-corrected chi connectivity index (χ0v) is 13.3. The van der Waals surface area contributed by atoms with Gasteiger partial charge in [-0.1, -0.05) is 0 Å². The van der Waals surface area contributed by atoms with Crippen molar-refractivity contribution in [3.8, 4) is 0 Å². The molecule has 23 heavy (non-hydrogen) atoms. The summed E-state index contributed by atoms with van der Waals surface area (Å²) in [6.45, 7) is 0. The van der Waals surface area contributed by atoms with E-state index in [4.69, 9.17) is 0 Å². The van der Waals surface area contributed by atoms with Crippen LogP contribution in [0.15, 0.2) is 28.4 Å². The summed E-state index contributed by atoms with van der Waals surface area (Å²) in [5.74, 6) is -3.71. The number of esters is 2. The summed E-state index contributed by atoms with van der Waals surface area (Å²) in [7, 11) is 1.97. The molecule has 0 spiro atoms. The van der Waals surface area contributed by atoms with Gasteiger partial charge in [-0.2, -0.15) is 13.2 Å². The summed E-state index contributed by atoms with van der Waals surface area (Å²) in [6.07, 6.45) is -4.45. The van der Waals surface area contributed by atoms with Crippen molar-refractivity contribution >= 4 is 33.6 Å². The van der Waals surface area contributed by atoms with Gasteiger partial charge in [-0.15, -0.1) is 0 Å². The average molecular weight is 400 g/mol. The Labute approximate surface area is 136 Å². The molecule has 0 aliphatic carbocycles. The molecule has 0 heterocycles. The second-order valence-corrected chi connectivity index (χ2v) is 4.83. The van der Waals surface area contributed by atoms with Gasteiger partial charge in [-0.25, -0.2) is 14.0 Å². The molecule has 1 N–H and O–H groups in total. The van der Waals surface area contributed by atoms with Crippen LogP contribution >= 0.6 is 15.9 Å². The van der Waals surface area contributed by atoms with Crippen LogP contribution < -0.4 is 5.32 Å². The van der Waals surface area contributed by atoms with Crippen LogP contribution in [-0.4, -0.2) is 26.2 Å². The van der Waals surface area contributed by atoms with Crippen molar-refractivity contribution < 1.29 is 36.6 Å². The highest BCUT2D eigenvalue weighted by Crippen LogP contribution is 2.39. The van der Waals surface area contributed by atoms with Gasteiger partial charge >= 0.3 is 18.1 Å². The van der Waals surface area contributed by atoms with Gasteiger partial charge < -0.3 is 14.8 Å². The summed E-state index contributed by atoms with van der Waals surface area (Å²) in [5, 5.41) is 2.04. The monoisotopic (exact) mass is 399 g/mol. The van der Waals surface area contributed by atoms with Crippen LogP contribution in [-0.2, 0) is 25.2 Å². The van der Waals surface area contributed by atoms with E-state index in [0.717, 1.165) is 26.4 Å². The van der Waals surface area contributed by atoms with Gasteiger partial charge in [-0.05, 0) is 28.1 Å². The Morgan fingerprint density at radius 3 is 2.30 bits per heavy atom. The van der Waals surface area contributed by atoms with Crippen molar-refractivity contribution in [1.82, 2.24) is 0 Å². The van der Waals surface area contributed by atoms with Gasteiger partial charge in [0.2, 0.25) is 0 Å². The normalized spacial score (nSPS) is 11.9. The Kier molecular flexibility index (Phi) is 6.13. The molecule has 0 bridgehead atoms. The van der Waals surface area contributed by atoms with E-state index >= 15 is 0 Å². The summed E-state index contributed by atoms with van der Waals surface area (Å²) in [6, 6.07) is 1.91. The van der Waals surface area contributed by atoms with Gasteiger partial charge in [0.1, 0.15) is 11.3 Å².